The van der Waals surface area contributed by atoms with E-state index in [1.54, 1.807) is 6.92 Å². The van der Waals surface area contributed by atoms with Crippen LogP contribution in [0, 0.1) is 18.6 Å². The molecule has 1 amide bonds. The average molecular weight is 308 g/mol. The number of benzene rings is 1. The third-order valence-electron chi connectivity index (χ3n) is 3.80. The van der Waals surface area contributed by atoms with Crippen LogP contribution in [0.1, 0.15) is 34.3 Å². The van der Waals surface area contributed by atoms with Crippen molar-refractivity contribution in [2.45, 2.75) is 25.5 Å². The van der Waals surface area contributed by atoms with E-state index >= 15 is 0 Å². The zero-order chi connectivity index (χ0) is 15.9. The molecule has 0 spiro atoms. The van der Waals surface area contributed by atoms with Crippen molar-refractivity contribution in [3.63, 3.8) is 0 Å². The van der Waals surface area contributed by atoms with Gasteiger partial charge >= 0.3 is 0 Å². The van der Waals surface area contributed by atoms with Gasteiger partial charge in [-0.25, -0.2) is 13.8 Å². The first-order valence-corrected chi connectivity index (χ1v) is 6.81. The van der Waals surface area contributed by atoms with Gasteiger partial charge in [0.15, 0.2) is 12.1 Å². The summed E-state index contributed by atoms with van der Waals surface area (Å²) in [6.45, 7) is 1.62. The molecular formula is C15H14F2N2O3. The number of carbonyl (C=O) groups excluding carboxylic acids is 1. The fourth-order valence-electron chi connectivity index (χ4n) is 2.75. The van der Waals surface area contributed by atoms with Crippen molar-refractivity contribution in [3.05, 3.63) is 53.2 Å². The van der Waals surface area contributed by atoms with Gasteiger partial charge in [-0.2, -0.15) is 0 Å². The maximum atomic E-state index is 14.0. The van der Waals surface area contributed by atoms with Crippen LogP contribution >= 0.6 is 0 Å². The van der Waals surface area contributed by atoms with Crippen molar-refractivity contribution in [1.82, 2.24) is 9.88 Å². The van der Waals surface area contributed by atoms with Gasteiger partial charge in [0.25, 0.3) is 5.91 Å². The Morgan fingerprint density at radius 1 is 1.45 bits per heavy atom. The van der Waals surface area contributed by atoms with Crippen molar-refractivity contribution < 1.29 is 23.1 Å². The van der Waals surface area contributed by atoms with Crippen molar-refractivity contribution in [1.29, 1.82) is 0 Å². The monoisotopic (exact) mass is 308 g/mol. The van der Waals surface area contributed by atoms with Gasteiger partial charge in [0.1, 0.15) is 17.4 Å². The quantitative estimate of drug-likeness (QED) is 0.923. The molecule has 22 heavy (non-hydrogen) atoms. The lowest BCUT2D eigenvalue weighted by Gasteiger charge is -2.24. The minimum Gasteiger partial charge on any atom is -0.448 e. The Hall–Kier alpha value is -2.28. The van der Waals surface area contributed by atoms with E-state index in [1.807, 2.05) is 0 Å². The summed E-state index contributed by atoms with van der Waals surface area (Å²) in [5.41, 5.74) is 0.155. The second-order valence-electron chi connectivity index (χ2n) is 5.29. The molecule has 2 aromatic rings. The Morgan fingerprint density at radius 3 is 2.91 bits per heavy atom. The van der Waals surface area contributed by atoms with E-state index in [9.17, 15) is 18.7 Å². The van der Waals surface area contributed by atoms with Crippen LogP contribution in [0.2, 0.25) is 0 Å². The molecular weight excluding hydrogens is 294 g/mol. The number of halogens is 2. The summed E-state index contributed by atoms with van der Waals surface area (Å²) in [5, 5.41) is 9.85. The number of likely N-dealkylation sites (tertiary alicyclic amines) is 1. The molecule has 0 saturated carbocycles. The van der Waals surface area contributed by atoms with Crippen LogP contribution < -0.4 is 0 Å². The minimum atomic E-state index is -0.802. The number of β-amino-alcohol motifs (C(OH)–C–C–N with tert-alkyl or cyclic N) is 1. The van der Waals surface area contributed by atoms with Crippen molar-refractivity contribution in [2.75, 3.05) is 6.54 Å². The Kier molecular flexibility index (Phi) is 3.66. The number of hydrogen-bond acceptors (Lipinski definition) is 4. The Morgan fingerprint density at radius 2 is 2.23 bits per heavy atom. The smallest absolute Gasteiger partial charge is 0.276 e. The van der Waals surface area contributed by atoms with Gasteiger partial charge in [-0.05, 0) is 31.5 Å². The molecule has 5 nitrogen and oxygen atoms in total. The summed E-state index contributed by atoms with van der Waals surface area (Å²) in [7, 11) is 0. The first kappa shape index (κ1) is 14.6. The van der Waals surface area contributed by atoms with E-state index in [-0.39, 0.29) is 24.2 Å². The Labute approximate surface area is 125 Å². The van der Waals surface area contributed by atoms with E-state index < -0.39 is 29.7 Å². The molecule has 0 bridgehead atoms. The van der Waals surface area contributed by atoms with Crippen LogP contribution in [0.3, 0.4) is 0 Å². The molecule has 2 heterocycles. The summed E-state index contributed by atoms with van der Waals surface area (Å²) >= 11 is 0. The molecule has 0 radical (unpaired) electrons. The first-order chi connectivity index (χ1) is 10.5. The molecule has 0 unspecified atom stereocenters. The number of aromatic nitrogens is 1. The first-order valence-electron chi connectivity index (χ1n) is 6.81. The zero-order valence-corrected chi connectivity index (χ0v) is 11.8. The number of nitrogens with zero attached hydrogens (tertiary/aromatic N) is 2. The predicted octanol–water partition coefficient (Wildman–Crippen LogP) is 2.21. The Bertz CT molecular complexity index is 717. The molecule has 1 aromatic carbocycles. The topological polar surface area (TPSA) is 66.6 Å². The molecule has 3 rings (SSSR count). The third kappa shape index (κ3) is 2.48. The number of aliphatic hydroxyl groups is 1. The summed E-state index contributed by atoms with van der Waals surface area (Å²) < 4.78 is 32.4. The van der Waals surface area contributed by atoms with Crippen LogP contribution in [0.25, 0.3) is 0 Å². The lowest BCUT2D eigenvalue weighted by atomic mass is 10.0. The number of oxazole rings is 1. The van der Waals surface area contributed by atoms with Crippen LogP contribution in [0.5, 0.6) is 0 Å². The maximum Gasteiger partial charge on any atom is 0.276 e. The van der Waals surface area contributed by atoms with E-state index in [0.29, 0.717) is 5.76 Å². The molecule has 2 atom stereocenters. The molecule has 0 aliphatic carbocycles. The molecule has 1 saturated heterocycles. The zero-order valence-electron chi connectivity index (χ0n) is 11.8. The van der Waals surface area contributed by atoms with Gasteiger partial charge in [-0.3, -0.25) is 4.79 Å². The summed E-state index contributed by atoms with van der Waals surface area (Å²) in [6, 6.07) is 2.33. The van der Waals surface area contributed by atoms with Crippen LogP contribution in [0.15, 0.2) is 29.0 Å². The van der Waals surface area contributed by atoms with Crippen molar-refractivity contribution in [3.8, 4) is 0 Å². The number of aliphatic hydroxyl groups excluding tert-OH is 1. The summed E-state index contributed by atoms with van der Waals surface area (Å²) in [6.07, 6.45) is 0.486. The molecule has 1 aliphatic heterocycles. The highest BCUT2D eigenvalue weighted by Gasteiger charge is 2.38. The highest BCUT2D eigenvalue weighted by molar-refractivity contribution is 5.93. The van der Waals surface area contributed by atoms with Crippen LogP contribution in [0.4, 0.5) is 8.78 Å². The summed E-state index contributed by atoms with van der Waals surface area (Å²) in [5.74, 6) is -1.35. The van der Waals surface area contributed by atoms with E-state index in [2.05, 4.69) is 4.98 Å². The molecule has 1 aliphatic rings. The highest BCUT2D eigenvalue weighted by atomic mass is 19.1. The predicted molar refractivity (Wildman–Crippen MR) is 72.0 cm³/mol. The van der Waals surface area contributed by atoms with Gasteiger partial charge in [0.2, 0.25) is 0 Å². The molecule has 1 aromatic heterocycles. The van der Waals surface area contributed by atoms with E-state index in [0.717, 1.165) is 24.6 Å². The maximum absolute atomic E-state index is 14.0. The fraction of sp³-hybridized carbons (Fsp3) is 0.333. The number of rotatable bonds is 2. The second kappa shape index (κ2) is 5.49. The Balaban J connectivity index is 1.98. The van der Waals surface area contributed by atoms with Gasteiger partial charge in [0.05, 0.1) is 12.1 Å². The average Bonchev–Trinajstić information content (AvgIpc) is 3.07. The SMILES string of the molecule is Cc1ocnc1C(=O)N1C[C@H](O)C[C@H]1c1cc(F)ccc1F. The molecule has 7 heteroatoms. The van der Waals surface area contributed by atoms with Crippen LogP contribution in [-0.2, 0) is 0 Å². The number of amides is 1. The van der Waals surface area contributed by atoms with Gasteiger partial charge in [-0.1, -0.05) is 0 Å². The fourth-order valence-corrected chi connectivity index (χ4v) is 2.75. The van der Waals surface area contributed by atoms with Crippen LogP contribution in [-0.4, -0.2) is 33.5 Å². The standard InChI is InChI=1S/C15H14F2N2O3/c1-8-14(18-7-22-8)15(21)19-6-10(20)5-13(19)11-4-9(16)2-3-12(11)17/h2-4,7,10,13,20H,5-6H2,1H3/t10-,13+/m1/s1. The molecule has 116 valence electrons. The normalized spacial score (nSPS) is 21.4. The lowest BCUT2D eigenvalue weighted by Crippen LogP contribution is -2.32. The molecule has 1 N–H and O–H groups in total. The van der Waals surface area contributed by atoms with E-state index in [1.165, 1.54) is 4.90 Å². The number of aryl methyl sites for hydroxylation is 1. The van der Waals surface area contributed by atoms with Crippen molar-refractivity contribution >= 4 is 5.91 Å². The number of carbonyl (C=O) groups is 1. The van der Waals surface area contributed by atoms with Gasteiger partial charge < -0.3 is 14.4 Å². The van der Waals surface area contributed by atoms with Gasteiger partial charge in [0, 0.05) is 12.1 Å². The highest BCUT2D eigenvalue weighted by Crippen LogP contribution is 2.35. The van der Waals surface area contributed by atoms with Crippen molar-refractivity contribution in [2.24, 2.45) is 0 Å². The largest absolute Gasteiger partial charge is 0.448 e. The number of hydrogen-bond donors (Lipinski definition) is 1. The van der Waals surface area contributed by atoms with Gasteiger partial charge in [-0.15, -0.1) is 0 Å². The lowest BCUT2D eigenvalue weighted by molar-refractivity contribution is 0.0706. The van der Waals surface area contributed by atoms with E-state index in [4.69, 9.17) is 4.42 Å². The minimum absolute atomic E-state index is 0.0335. The second-order valence-corrected chi connectivity index (χ2v) is 5.29. The third-order valence-corrected chi connectivity index (χ3v) is 3.80. The summed E-state index contributed by atoms with van der Waals surface area (Å²) in [4.78, 5) is 17.7. The molecule has 1 fully saturated rings.